The van der Waals surface area contributed by atoms with Gasteiger partial charge in [-0.1, -0.05) is 49.2 Å². The summed E-state index contributed by atoms with van der Waals surface area (Å²) < 4.78 is 0. The first-order valence-corrected chi connectivity index (χ1v) is 8.01. The smallest absolute Gasteiger partial charge is 0.227 e. The fourth-order valence-electron chi connectivity index (χ4n) is 4.40. The molecule has 1 aromatic carbocycles. The van der Waals surface area contributed by atoms with Crippen LogP contribution in [0.1, 0.15) is 44.1 Å². The average Bonchev–Trinajstić information content (AvgIpc) is 2.55. The molecule has 0 bridgehead atoms. The maximum Gasteiger partial charge on any atom is 0.227 e. The molecule has 0 aromatic heterocycles. The molecular weight excluding hydrogens is 278 g/mol. The lowest BCUT2D eigenvalue weighted by atomic mass is 9.62. The third-order valence-corrected chi connectivity index (χ3v) is 5.41. The Morgan fingerprint density at radius 3 is 2.59 bits per heavy atom. The number of aldehydes is 1. The minimum atomic E-state index is -0.713. The number of nitro groups is 1. The van der Waals surface area contributed by atoms with Crippen molar-refractivity contribution in [1.29, 1.82) is 0 Å². The number of fused-ring (bicyclic) bond motifs is 1. The Hall–Kier alpha value is -1.97. The molecule has 0 N–H and O–H groups in total. The molecule has 116 valence electrons. The summed E-state index contributed by atoms with van der Waals surface area (Å²) in [6.45, 7) is 1.99. The van der Waals surface area contributed by atoms with E-state index in [-0.39, 0.29) is 16.8 Å². The molecule has 4 heteroatoms. The quantitative estimate of drug-likeness (QED) is 0.485. The molecule has 1 fully saturated rings. The van der Waals surface area contributed by atoms with Gasteiger partial charge in [-0.3, -0.25) is 14.9 Å². The predicted molar refractivity (Wildman–Crippen MR) is 84.2 cm³/mol. The van der Waals surface area contributed by atoms with E-state index >= 15 is 0 Å². The predicted octanol–water partition coefficient (Wildman–Crippen LogP) is 3.75. The molecule has 0 radical (unpaired) electrons. The van der Waals surface area contributed by atoms with Gasteiger partial charge in [-0.25, -0.2) is 0 Å². The molecule has 3 rings (SSSR count). The number of carbonyl (C=O) groups is 1. The Morgan fingerprint density at radius 1 is 1.23 bits per heavy atom. The van der Waals surface area contributed by atoms with E-state index in [2.05, 4.69) is 0 Å². The molecule has 0 amide bonds. The Kier molecular flexibility index (Phi) is 4.10. The first-order valence-electron chi connectivity index (χ1n) is 8.01. The molecule has 4 nitrogen and oxygen atoms in total. The number of carbonyl (C=O) groups excluding carboxylic acids is 1. The molecule has 1 aromatic rings. The van der Waals surface area contributed by atoms with Crippen molar-refractivity contribution in [2.24, 2.45) is 11.8 Å². The Balaban J connectivity index is 2.17. The van der Waals surface area contributed by atoms with Gasteiger partial charge in [-0.05, 0) is 30.7 Å². The van der Waals surface area contributed by atoms with Crippen molar-refractivity contribution in [3.05, 3.63) is 57.2 Å². The Morgan fingerprint density at radius 2 is 1.95 bits per heavy atom. The van der Waals surface area contributed by atoms with Crippen molar-refractivity contribution in [1.82, 2.24) is 0 Å². The van der Waals surface area contributed by atoms with Crippen LogP contribution in [0.15, 0.2) is 41.5 Å². The lowest BCUT2D eigenvalue weighted by Crippen LogP contribution is -2.44. The molecule has 2 aliphatic carbocycles. The molecule has 0 aliphatic heterocycles. The molecule has 0 spiro atoms. The highest BCUT2D eigenvalue weighted by molar-refractivity contribution is 5.78. The van der Waals surface area contributed by atoms with Gasteiger partial charge in [-0.2, -0.15) is 0 Å². The third-order valence-electron chi connectivity index (χ3n) is 5.41. The number of benzene rings is 1. The summed E-state index contributed by atoms with van der Waals surface area (Å²) in [5, 5.41) is 11.8. The van der Waals surface area contributed by atoms with E-state index < -0.39 is 12.0 Å². The van der Waals surface area contributed by atoms with Crippen molar-refractivity contribution in [3.8, 4) is 0 Å². The maximum absolute atomic E-state index is 11.8. The van der Waals surface area contributed by atoms with Crippen molar-refractivity contribution >= 4 is 6.29 Å². The standard InChI is InChI=1S/C18H21NO3/c1-12-14-9-5-6-10-15(14)16(11-20)17(18(12)19(21)22)13-7-3-2-4-8-13/h2-4,7-8,11-12,14,17-18H,5-6,9-10H2,1H3/t12-,14-,17+,18+/m0/s1. The van der Waals surface area contributed by atoms with Crippen LogP contribution in [0.4, 0.5) is 0 Å². The summed E-state index contributed by atoms with van der Waals surface area (Å²) in [5.41, 5.74) is 2.74. The molecule has 4 atom stereocenters. The van der Waals surface area contributed by atoms with E-state index in [0.717, 1.165) is 37.5 Å². The summed E-state index contributed by atoms with van der Waals surface area (Å²) in [6, 6.07) is 8.76. The monoisotopic (exact) mass is 299 g/mol. The van der Waals surface area contributed by atoms with E-state index in [1.54, 1.807) is 0 Å². The van der Waals surface area contributed by atoms with Crippen LogP contribution in [-0.2, 0) is 4.79 Å². The second kappa shape index (κ2) is 6.03. The zero-order chi connectivity index (χ0) is 15.7. The first kappa shape index (κ1) is 14.9. The molecule has 0 heterocycles. The average molecular weight is 299 g/mol. The van der Waals surface area contributed by atoms with E-state index in [9.17, 15) is 14.9 Å². The number of nitrogens with zero attached hydrogens (tertiary/aromatic N) is 1. The van der Waals surface area contributed by atoms with Gasteiger partial charge in [-0.15, -0.1) is 0 Å². The van der Waals surface area contributed by atoms with Gasteiger partial charge in [0, 0.05) is 16.4 Å². The van der Waals surface area contributed by atoms with Gasteiger partial charge in [0.15, 0.2) is 0 Å². The second-order valence-corrected chi connectivity index (χ2v) is 6.47. The van der Waals surface area contributed by atoms with Crippen molar-refractivity contribution in [2.45, 2.75) is 44.6 Å². The van der Waals surface area contributed by atoms with Crippen LogP contribution in [0.5, 0.6) is 0 Å². The van der Waals surface area contributed by atoms with E-state index in [4.69, 9.17) is 0 Å². The highest BCUT2D eigenvalue weighted by Gasteiger charge is 2.49. The van der Waals surface area contributed by atoms with E-state index in [1.807, 2.05) is 37.3 Å². The molecule has 0 saturated heterocycles. The zero-order valence-corrected chi connectivity index (χ0v) is 12.8. The van der Waals surface area contributed by atoms with Gasteiger partial charge >= 0.3 is 0 Å². The minimum Gasteiger partial charge on any atom is -0.298 e. The van der Waals surface area contributed by atoms with Crippen LogP contribution in [0.25, 0.3) is 0 Å². The largest absolute Gasteiger partial charge is 0.298 e. The fraction of sp³-hybridized carbons (Fsp3) is 0.500. The lowest BCUT2D eigenvalue weighted by molar-refractivity contribution is -0.537. The van der Waals surface area contributed by atoms with Crippen LogP contribution >= 0.6 is 0 Å². The molecule has 22 heavy (non-hydrogen) atoms. The summed E-state index contributed by atoms with van der Waals surface area (Å²) in [4.78, 5) is 23.4. The summed E-state index contributed by atoms with van der Waals surface area (Å²) in [6.07, 6.45) is 4.95. The highest BCUT2D eigenvalue weighted by atomic mass is 16.6. The number of hydrogen-bond donors (Lipinski definition) is 0. The van der Waals surface area contributed by atoms with Gasteiger partial charge in [0.05, 0.1) is 5.92 Å². The van der Waals surface area contributed by atoms with E-state index in [0.29, 0.717) is 5.57 Å². The summed E-state index contributed by atoms with van der Waals surface area (Å²) in [7, 11) is 0. The maximum atomic E-state index is 11.8. The van der Waals surface area contributed by atoms with Gasteiger partial charge in [0.1, 0.15) is 6.29 Å². The number of allylic oxidation sites excluding steroid dienone is 1. The van der Waals surface area contributed by atoms with Gasteiger partial charge < -0.3 is 0 Å². The van der Waals surface area contributed by atoms with Crippen LogP contribution in [0, 0.1) is 22.0 Å². The Bertz CT molecular complexity index is 608. The fourth-order valence-corrected chi connectivity index (χ4v) is 4.40. The summed E-state index contributed by atoms with van der Waals surface area (Å²) in [5.74, 6) is -0.239. The second-order valence-electron chi connectivity index (χ2n) is 6.47. The van der Waals surface area contributed by atoms with E-state index in [1.165, 1.54) is 5.57 Å². The SMILES string of the molecule is C[C@@H]1[C@@H]([N+](=O)[O-])[C@H](c2ccccc2)C(C=O)=C2CCCC[C@H]21. The first-order chi connectivity index (χ1) is 10.6. The van der Waals surface area contributed by atoms with Crippen molar-refractivity contribution in [3.63, 3.8) is 0 Å². The van der Waals surface area contributed by atoms with Gasteiger partial charge in [0.25, 0.3) is 0 Å². The molecule has 0 unspecified atom stereocenters. The topological polar surface area (TPSA) is 60.2 Å². The zero-order valence-electron chi connectivity index (χ0n) is 12.8. The van der Waals surface area contributed by atoms with Crippen molar-refractivity contribution in [2.75, 3.05) is 0 Å². The van der Waals surface area contributed by atoms with Crippen LogP contribution in [0.3, 0.4) is 0 Å². The van der Waals surface area contributed by atoms with Crippen LogP contribution in [0.2, 0.25) is 0 Å². The number of rotatable bonds is 3. The Labute approximate surface area is 130 Å². The van der Waals surface area contributed by atoms with Crippen LogP contribution < -0.4 is 0 Å². The minimum absolute atomic E-state index is 0.0285. The molecule has 1 saturated carbocycles. The van der Waals surface area contributed by atoms with Crippen LogP contribution in [-0.4, -0.2) is 17.3 Å². The summed E-state index contributed by atoms with van der Waals surface area (Å²) >= 11 is 0. The normalized spacial score (nSPS) is 31.5. The molecule has 2 aliphatic rings. The van der Waals surface area contributed by atoms with Gasteiger partial charge in [0.2, 0.25) is 6.04 Å². The third kappa shape index (κ3) is 2.36. The van der Waals surface area contributed by atoms with Crippen molar-refractivity contribution < 1.29 is 9.72 Å². The lowest BCUT2D eigenvalue weighted by Gasteiger charge is -2.41. The molecular formula is C18H21NO3. The highest BCUT2D eigenvalue weighted by Crippen LogP contribution is 2.49. The number of hydrogen-bond acceptors (Lipinski definition) is 3.